The number of allylic oxidation sites excluding steroid dienone is 1. The van der Waals surface area contributed by atoms with Crippen molar-refractivity contribution >= 4 is 11.5 Å². The number of hydrogen-bond acceptors (Lipinski definition) is 2. The third kappa shape index (κ3) is 3.72. The van der Waals surface area contributed by atoms with E-state index in [1.54, 1.807) is 0 Å². The van der Waals surface area contributed by atoms with Crippen LogP contribution < -0.4 is 5.32 Å². The summed E-state index contributed by atoms with van der Waals surface area (Å²) in [6, 6.07) is 4.94. The zero-order valence-corrected chi connectivity index (χ0v) is 7.88. The van der Waals surface area contributed by atoms with Crippen LogP contribution in [0.25, 0.3) is 0 Å². The Kier molecular flexibility index (Phi) is 3.65. The molecule has 0 radical (unpaired) electrons. The van der Waals surface area contributed by atoms with Gasteiger partial charge in [-0.15, -0.1) is 0 Å². The van der Waals surface area contributed by atoms with Gasteiger partial charge in [0.1, 0.15) is 5.82 Å². The van der Waals surface area contributed by atoms with E-state index < -0.39 is 17.8 Å². The molecule has 0 spiro atoms. The first kappa shape index (κ1) is 12.2. The van der Waals surface area contributed by atoms with Gasteiger partial charge in [-0.25, -0.2) is 4.39 Å². The van der Waals surface area contributed by atoms with Gasteiger partial charge in [-0.05, 0) is 24.3 Å². The molecule has 1 rings (SSSR count). The lowest BCUT2D eigenvalue weighted by atomic mass is 10.3. The van der Waals surface area contributed by atoms with Gasteiger partial charge in [0.2, 0.25) is 0 Å². The predicted octanol–water partition coefficient (Wildman–Crippen LogP) is 2.88. The van der Waals surface area contributed by atoms with Crippen molar-refractivity contribution in [2.45, 2.75) is 6.18 Å². The fraction of sp³-hybridized carbons (Fsp3) is 0.100. The number of carbonyl (C=O) groups excluding carboxylic acids is 1. The number of nitrogens with one attached hydrogen (secondary N) is 1. The van der Waals surface area contributed by atoms with Crippen molar-refractivity contribution in [3.05, 3.63) is 42.4 Å². The first-order valence-corrected chi connectivity index (χ1v) is 4.19. The fourth-order valence-corrected chi connectivity index (χ4v) is 0.854. The smallest absolute Gasteiger partial charge is 0.362 e. The van der Waals surface area contributed by atoms with Crippen LogP contribution in [0.4, 0.5) is 23.2 Å². The van der Waals surface area contributed by atoms with Crippen molar-refractivity contribution in [1.29, 1.82) is 0 Å². The quantitative estimate of drug-likeness (QED) is 0.642. The fourth-order valence-electron chi connectivity index (χ4n) is 0.854. The summed E-state index contributed by atoms with van der Waals surface area (Å²) in [4.78, 5) is 10.4. The van der Waals surface area contributed by atoms with Gasteiger partial charge >= 0.3 is 6.18 Å². The lowest BCUT2D eigenvalue weighted by Gasteiger charge is -2.01. The Morgan fingerprint density at radius 3 is 2.25 bits per heavy atom. The summed E-state index contributed by atoms with van der Waals surface area (Å²) in [6.45, 7) is 0. The molecule has 1 aromatic carbocycles. The number of halogens is 4. The first-order chi connectivity index (χ1) is 7.39. The van der Waals surface area contributed by atoms with Gasteiger partial charge in [-0.3, -0.25) is 4.79 Å². The van der Waals surface area contributed by atoms with Crippen molar-refractivity contribution in [3.8, 4) is 0 Å². The molecule has 0 amide bonds. The van der Waals surface area contributed by atoms with Gasteiger partial charge in [-0.2, -0.15) is 13.2 Å². The van der Waals surface area contributed by atoms with Crippen molar-refractivity contribution in [2.24, 2.45) is 0 Å². The monoisotopic (exact) mass is 233 g/mol. The van der Waals surface area contributed by atoms with E-state index in [1.165, 1.54) is 12.1 Å². The van der Waals surface area contributed by atoms with E-state index in [2.05, 4.69) is 5.32 Å². The lowest BCUT2D eigenvalue weighted by molar-refractivity contribution is -0.165. The van der Waals surface area contributed by atoms with E-state index in [-0.39, 0.29) is 0 Å². The predicted molar refractivity (Wildman–Crippen MR) is 50.2 cm³/mol. The minimum absolute atomic E-state index is 0.364. The Bertz CT molecular complexity index is 394. The van der Waals surface area contributed by atoms with Gasteiger partial charge in [0.05, 0.1) is 0 Å². The number of hydrogen-bond donors (Lipinski definition) is 1. The summed E-state index contributed by atoms with van der Waals surface area (Å²) in [5, 5.41) is 2.41. The second kappa shape index (κ2) is 4.78. The van der Waals surface area contributed by atoms with Gasteiger partial charge in [-0.1, -0.05) is 0 Å². The Labute approximate surface area is 88.6 Å². The van der Waals surface area contributed by atoms with Crippen LogP contribution in [0.1, 0.15) is 0 Å². The highest BCUT2D eigenvalue weighted by Crippen LogP contribution is 2.16. The van der Waals surface area contributed by atoms with E-state index in [1.807, 2.05) is 0 Å². The van der Waals surface area contributed by atoms with E-state index in [4.69, 9.17) is 0 Å². The SMILES string of the molecule is O=C(C=CNc1ccc(F)cc1)C(F)(F)F. The Morgan fingerprint density at radius 1 is 1.19 bits per heavy atom. The van der Waals surface area contributed by atoms with Crippen LogP contribution in [0.15, 0.2) is 36.5 Å². The van der Waals surface area contributed by atoms with E-state index in [0.717, 1.165) is 18.3 Å². The van der Waals surface area contributed by atoms with Crippen molar-refractivity contribution < 1.29 is 22.4 Å². The molecular formula is C10H7F4NO. The second-order valence-corrected chi connectivity index (χ2v) is 2.85. The number of rotatable bonds is 3. The minimum Gasteiger partial charge on any atom is -0.362 e. The second-order valence-electron chi connectivity index (χ2n) is 2.85. The normalized spacial score (nSPS) is 11.8. The lowest BCUT2D eigenvalue weighted by Crippen LogP contribution is -2.20. The highest BCUT2D eigenvalue weighted by atomic mass is 19.4. The van der Waals surface area contributed by atoms with Crippen molar-refractivity contribution in [2.75, 3.05) is 5.32 Å². The Hall–Kier alpha value is -1.85. The molecule has 0 saturated carbocycles. The first-order valence-electron chi connectivity index (χ1n) is 4.19. The highest BCUT2D eigenvalue weighted by molar-refractivity contribution is 5.94. The van der Waals surface area contributed by atoms with Gasteiger partial charge in [0.15, 0.2) is 0 Å². The van der Waals surface area contributed by atoms with Crippen molar-refractivity contribution in [1.82, 2.24) is 0 Å². The number of benzene rings is 1. The third-order valence-corrected chi connectivity index (χ3v) is 1.61. The Balaban J connectivity index is 2.55. The maximum absolute atomic E-state index is 12.4. The average Bonchev–Trinajstić information content (AvgIpc) is 2.19. The van der Waals surface area contributed by atoms with E-state index in [0.29, 0.717) is 11.8 Å². The standard InChI is InChI=1S/C10H7F4NO/c11-7-1-3-8(4-2-7)15-6-5-9(16)10(12,13)14/h1-6,15H. The zero-order chi connectivity index (χ0) is 12.2. The van der Waals surface area contributed by atoms with Crippen LogP contribution in [0, 0.1) is 5.82 Å². The summed E-state index contributed by atoms with van der Waals surface area (Å²) in [5.74, 6) is -2.41. The molecule has 1 N–H and O–H groups in total. The average molecular weight is 233 g/mol. The van der Waals surface area contributed by atoms with E-state index in [9.17, 15) is 22.4 Å². The molecule has 0 saturated heterocycles. The molecule has 0 atom stereocenters. The summed E-state index contributed by atoms with van der Waals surface area (Å²) in [7, 11) is 0. The van der Waals surface area contributed by atoms with Crippen molar-refractivity contribution in [3.63, 3.8) is 0 Å². The zero-order valence-electron chi connectivity index (χ0n) is 7.88. The van der Waals surface area contributed by atoms with Crippen LogP contribution in [0.5, 0.6) is 0 Å². The molecule has 2 nitrogen and oxygen atoms in total. The van der Waals surface area contributed by atoms with Crippen LogP contribution in [0.3, 0.4) is 0 Å². The van der Waals surface area contributed by atoms with E-state index >= 15 is 0 Å². The highest BCUT2D eigenvalue weighted by Gasteiger charge is 2.35. The maximum Gasteiger partial charge on any atom is 0.454 e. The number of ketones is 1. The van der Waals surface area contributed by atoms with Crippen LogP contribution in [-0.2, 0) is 4.79 Å². The molecule has 0 fully saturated rings. The van der Waals surface area contributed by atoms with Crippen LogP contribution >= 0.6 is 0 Å². The van der Waals surface area contributed by atoms with Crippen LogP contribution in [-0.4, -0.2) is 12.0 Å². The molecule has 86 valence electrons. The molecule has 0 unspecified atom stereocenters. The van der Waals surface area contributed by atoms with Gasteiger partial charge in [0, 0.05) is 18.0 Å². The number of carbonyl (C=O) groups is 1. The van der Waals surface area contributed by atoms with Gasteiger partial charge in [0.25, 0.3) is 5.78 Å². The maximum atomic E-state index is 12.4. The molecule has 1 aromatic rings. The Morgan fingerprint density at radius 2 is 1.75 bits per heavy atom. The molecule has 0 bridgehead atoms. The molecule has 16 heavy (non-hydrogen) atoms. The molecule has 0 aliphatic heterocycles. The molecule has 6 heteroatoms. The summed E-state index contributed by atoms with van der Waals surface area (Å²) in [5.41, 5.74) is 0.382. The molecule has 0 aliphatic carbocycles. The number of anilines is 1. The third-order valence-electron chi connectivity index (χ3n) is 1.61. The summed E-state index contributed by atoms with van der Waals surface area (Å²) in [6.07, 6.45) is -3.66. The minimum atomic E-state index is -4.87. The molecule has 0 aromatic heterocycles. The molecule has 0 aliphatic rings. The molecular weight excluding hydrogens is 226 g/mol. The largest absolute Gasteiger partial charge is 0.454 e. The van der Waals surface area contributed by atoms with Gasteiger partial charge < -0.3 is 5.32 Å². The molecule has 0 heterocycles. The summed E-state index contributed by atoms with van der Waals surface area (Å²) >= 11 is 0. The summed E-state index contributed by atoms with van der Waals surface area (Å²) < 4.78 is 47.7. The topological polar surface area (TPSA) is 29.1 Å². The number of alkyl halides is 3. The van der Waals surface area contributed by atoms with Crippen LogP contribution in [0.2, 0.25) is 0 Å².